The highest BCUT2D eigenvalue weighted by Gasteiger charge is 2.08. The molecule has 0 radical (unpaired) electrons. The summed E-state index contributed by atoms with van der Waals surface area (Å²) in [6.07, 6.45) is 1.85. The van der Waals surface area contributed by atoms with Gasteiger partial charge in [-0.2, -0.15) is 16.2 Å². The molecule has 1 atom stereocenters. The van der Waals surface area contributed by atoms with Crippen LogP contribution in [0.2, 0.25) is 0 Å². The molecule has 0 spiro atoms. The number of carboxylic acid groups (broad SMARTS) is 1. The maximum absolute atomic E-state index is 12.9. The maximum atomic E-state index is 12.9. The summed E-state index contributed by atoms with van der Waals surface area (Å²) in [7, 11) is 0. The first kappa shape index (κ1) is 18.2. The third-order valence-electron chi connectivity index (χ3n) is 2.76. The largest absolute Gasteiger partial charge is 0.481 e. The van der Waals surface area contributed by atoms with E-state index in [2.05, 4.69) is 15.6 Å². The van der Waals surface area contributed by atoms with Crippen LogP contribution >= 0.6 is 11.8 Å². The molecule has 0 aliphatic rings. The molecule has 3 N–H and O–H groups in total. The third kappa shape index (κ3) is 8.46. The minimum Gasteiger partial charge on any atom is -0.481 e. The molecule has 0 aliphatic carbocycles. The van der Waals surface area contributed by atoms with Crippen molar-refractivity contribution in [1.29, 1.82) is 0 Å². The Bertz CT molecular complexity index is 502. The Morgan fingerprint density at radius 3 is 2.95 bits per heavy atom. The summed E-state index contributed by atoms with van der Waals surface area (Å²) in [5.74, 6) is -0.0255. The van der Waals surface area contributed by atoms with Crippen molar-refractivity contribution < 1.29 is 19.1 Å². The van der Waals surface area contributed by atoms with Crippen molar-refractivity contribution >= 4 is 23.8 Å². The highest BCUT2D eigenvalue weighted by atomic mass is 32.2. The molecule has 8 heteroatoms. The van der Waals surface area contributed by atoms with Gasteiger partial charge in [0, 0.05) is 36.7 Å². The predicted octanol–water partition coefficient (Wildman–Crippen LogP) is 2.01. The zero-order valence-corrected chi connectivity index (χ0v) is 13.2. The van der Waals surface area contributed by atoms with Crippen molar-refractivity contribution in [3.8, 4) is 0 Å². The smallest absolute Gasteiger partial charge is 0.315 e. The van der Waals surface area contributed by atoms with Gasteiger partial charge >= 0.3 is 12.0 Å². The Labute approximate surface area is 132 Å². The molecule has 0 fully saturated rings. The molecule has 1 heterocycles. The number of hydrogen-bond donors (Lipinski definition) is 3. The minimum absolute atomic E-state index is 0.0276. The van der Waals surface area contributed by atoms with E-state index in [1.165, 1.54) is 12.3 Å². The molecule has 0 aliphatic heterocycles. The zero-order chi connectivity index (χ0) is 16.4. The van der Waals surface area contributed by atoms with E-state index < -0.39 is 11.9 Å². The van der Waals surface area contributed by atoms with Crippen molar-refractivity contribution in [2.24, 2.45) is 0 Å². The topological polar surface area (TPSA) is 91.3 Å². The van der Waals surface area contributed by atoms with Crippen LogP contribution in [0.5, 0.6) is 0 Å². The number of hydrogen-bond acceptors (Lipinski definition) is 4. The highest BCUT2D eigenvalue weighted by Crippen LogP contribution is 2.11. The molecule has 0 bridgehead atoms. The van der Waals surface area contributed by atoms with Gasteiger partial charge in [0.2, 0.25) is 5.95 Å². The normalized spacial score (nSPS) is 11.7. The van der Waals surface area contributed by atoms with Gasteiger partial charge in [0.1, 0.15) is 0 Å². The van der Waals surface area contributed by atoms with Crippen LogP contribution in [0.4, 0.5) is 9.18 Å². The molecule has 0 saturated heterocycles. The Kier molecular flexibility index (Phi) is 8.27. The third-order valence-corrected chi connectivity index (χ3v) is 3.79. The van der Waals surface area contributed by atoms with Crippen molar-refractivity contribution in [3.63, 3.8) is 0 Å². The Hall–Kier alpha value is -1.83. The summed E-state index contributed by atoms with van der Waals surface area (Å²) >= 11 is 1.58. The molecule has 1 aromatic heterocycles. The molecule has 0 saturated carbocycles. The fourth-order valence-electron chi connectivity index (χ4n) is 1.65. The summed E-state index contributed by atoms with van der Waals surface area (Å²) in [5.41, 5.74) is 0.851. The van der Waals surface area contributed by atoms with Crippen LogP contribution in [-0.2, 0) is 10.5 Å². The van der Waals surface area contributed by atoms with E-state index in [4.69, 9.17) is 5.11 Å². The molecule has 122 valence electrons. The lowest BCUT2D eigenvalue weighted by atomic mass is 10.2. The molecule has 6 nitrogen and oxygen atoms in total. The number of carbonyl (C=O) groups excluding carboxylic acids is 1. The average Bonchev–Trinajstić information content (AvgIpc) is 2.45. The van der Waals surface area contributed by atoms with Gasteiger partial charge < -0.3 is 15.7 Å². The predicted molar refractivity (Wildman–Crippen MR) is 83.2 cm³/mol. The fraction of sp³-hybridized carbons (Fsp3) is 0.500. The van der Waals surface area contributed by atoms with Crippen LogP contribution in [0.3, 0.4) is 0 Å². The molecular weight excluding hydrogens is 308 g/mol. The van der Waals surface area contributed by atoms with Gasteiger partial charge in [-0.1, -0.05) is 0 Å². The monoisotopic (exact) mass is 328 g/mol. The molecule has 2 amide bonds. The number of aromatic nitrogens is 1. The van der Waals surface area contributed by atoms with Crippen molar-refractivity contribution in [1.82, 2.24) is 15.6 Å². The van der Waals surface area contributed by atoms with E-state index in [1.807, 2.05) is 0 Å². The molecule has 0 aromatic carbocycles. The van der Waals surface area contributed by atoms with Gasteiger partial charge in [-0.25, -0.2) is 9.78 Å². The lowest BCUT2D eigenvalue weighted by Gasteiger charge is -2.13. The number of carbonyl (C=O) groups is 2. The SMILES string of the molecule is CC(CCC(=O)O)NC(=O)NCCSCc1ccnc([18F])c1. The second kappa shape index (κ2) is 9.99. The molecule has 22 heavy (non-hydrogen) atoms. The second-order valence-electron chi connectivity index (χ2n) is 4.77. The zero-order valence-electron chi connectivity index (χ0n) is 12.3. The first-order valence-corrected chi connectivity index (χ1v) is 8.07. The Balaban J connectivity index is 2.08. The summed E-state index contributed by atoms with van der Waals surface area (Å²) in [4.78, 5) is 25.4. The number of aliphatic carboxylic acids is 1. The molecular formula is C14H20FN3O3S. The lowest BCUT2D eigenvalue weighted by molar-refractivity contribution is -0.137. The number of nitrogens with zero attached hydrogens (tertiary/aromatic N) is 1. The summed E-state index contributed by atoms with van der Waals surface area (Å²) in [5, 5.41) is 13.9. The van der Waals surface area contributed by atoms with Gasteiger partial charge in [0.25, 0.3) is 0 Å². The van der Waals surface area contributed by atoms with Crippen LogP contribution in [0, 0.1) is 5.95 Å². The first-order valence-electron chi connectivity index (χ1n) is 6.91. The number of amides is 2. The summed E-state index contributed by atoms with van der Waals surface area (Å²) < 4.78 is 12.9. The number of pyridine rings is 1. The number of halogens is 1. The van der Waals surface area contributed by atoms with Gasteiger partial charge in [0.05, 0.1) is 0 Å². The van der Waals surface area contributed by atoms with Gasteiger partial charge in [-0.3, -0.25) is 4.79 Å². The van der Waals surface area contributed by atoms with E-state index in [1.54, 1.807) is 24.8 Å². The molecule has 1 unspecified atom stereocenters. The summed E-state index contributed by atoms with van der Waals surface area (Å²) in [6, 6.07) is 2.63. The van der Waals surface area contributed by atoms with E-state index in [0.29, 0.717) is 24.5 Å². The van der Waals surface area contributed by atoms with E-state index in [-0.39, 0.29) is 18.5 Å². The molecule has 1 aromatic rings. The molecule has 1 rings (SSSR count). The Morgan fingerprint density at radius 2 is 2.27 bits per heavy atom. The lowest BCUT2D eigenvalue weighted by Crippen LogP contribution is -2.41. The average molecular weight is 328 g/mol. The first-order chi connectivity index (χ1) is 10.5. The van der Waals surface area contributed by atoms with E-state index >= 15 is 0 Å². The highest BCUT2D eigenvalue weighted by molar-refractivity contribution is 7.98. The number of urea groups is 1. The van der Waals surface area contributed by atoms with Crippen LogP contribution < -0.4 is 10.6 Å². The fourth-order valence-corrected chi connectivity index (χ4v) is 2.45. The summed E-state index contributed by atoms with van der Waals surface area (Å²) in [6.45, 7) is 2.24. The van der Waals surface area contributed by atoms with E-state index in [9.17, 15) is 14.0 Å². The van der Waals surface area contributed by atoms with Gasteiger partial charge in [0.15, 0.2) is 0 Å². The number of nitrogens with one attached hydrogen (secondary N) is 2. The second-order valence-corrected chi connectivity index (χ2v) is 5.88. The quantitative estimate of drug-likeness (QED) is 0.476. The van der Waals surface area contributed by atoms with Gasteiger partial charge in [-0.05, 0) is 31.0 Å². The number of carboxylic acids is 1. The maximum Gasteiger partial charge on any atom is 0.315 e. The van der Waals surface area contributed by atoms with E-state index in [0.717, 1.165) is 5.56 Å². The van der Waals surface area contributed by atoms with Gasteiger partial charge in [-0.15, -0.1) is 0 Å². The van der Waals surface area contributed by atoms with Crippen LogP contribution in [0.15, 0.2) is 18.3 Å². The van der Waals surface area contributed by atoms with Crippen molar-refractivity contribution in [2.75, 3.05) is 12.3 Å². The number of thioether (sulfide) groups is 1. The minimum atomic E-state index is -0.877. The van der Waals surface area contributed by atoms with Crippen LogP contribution in [-0.4, -0.2) is 40.4 Å². The van der Waals surface area contributed by atoms with Crippen LogP contribution in [0.1, 0.15) is 25.3 Å². The van der Waals surface area contributed by atoms with Crippen LogP contribution in [0.25, 0.3) is 0 Å². The standard InChI is InChI=1S/C14H20FN3O3S/c1-10(2-3-13(19)20)18-14(21)17-6-7-22-9-11-4-5-16-12(15)8-11/h4-5,8,10H,2-3,6-7,9H2,1H3,(H,19,20)(H2,17,18,21)/i15-1. The number of rotatable bonds is 9. The van der Waals surface area contributed by atoms with Crippen molar-refractivity contribution in [3.05, 3.63) is 29.8 Å². The Morgan fingerprint density at radius 1 is 1.50 bits per heavy atom. The van der Waals surface area contributed by atoms with Crippen molar-refractivity contribution in [2.45, 2.75) is 31.6 Å².